The van der Waals surface area contributed by atoms with Crippen LogP contribution in [0.4, 0.5) is 0 Å². The highest BCUT2D eigenvalue weighted by molar-refractivity contribution is 6.48. The van der Waals surface area contributed by atoms with E-state index >= 15 is 0 Å². The molecule has 0 saturated heterocycles. The van der Waals surface area contributed by atoms with Gasteiger partial charge in [-0.3, -0.25) is 4.79 Å². The molecule has 1 amide bonds. The third kappa shape index (κ3) is 3.41. The zero-order valence-electron chi connectivity index (χ0n) is 14.1. The smallest absolute Gasteiger partial charge is 0.359 e. The second-order valence-corrected chi connectivity index (χ2v) is 9.07. The molecular formula is C18H19Cl3N2O3. The Morgan fingerprint density at radius 1 is 1.08 bits per heavy atom. The van der Waals surface area contributed by atoms with Crippen LogP contribution in [-0.4, -0.2) is 29.0 Å². The third-order valence-corrected chi connectivity index (χ3v) is 7.13. The number of carbonyl (C=O) groups excluding carboxylic acids is 2. The van der Waals surface area contributed by atoms with E-state index in [1.54, 1.807) is 0 Å². The van der Waals surface area contributed by atoms with Crippen molar-refractivity contribution >= 4 is 46.7 Å². The number of esters is 1. The average molecular weight is 418 g/mol. The van der Waals surface area contributed by atoms with Crippen LogP contribution in [0, 0.1) is 17.8 Å². The van der Waals surface area contributed by atoms with E-state index in [2.05, 4.69) is 10.3 Å². The van der Waals surface area contributed by atoms with E-state index in [4.69, 9.17) is 39.5 Å². The molecule has 4 aliphatic rings. The Morgan fingerprint density at radius 3 is 2.23 bits per heavy atom. The molecule has 0 atom stereocenters. The summed E-state index contributed by atoms with van der Waals surface area (Å²) < 4.78 is 5.08. The molecule has 4 saturated carbocycles. The van der Waals surface area contributed by atoms with E-state index < -0.39 is 5.97 Å². The predicted molar refractivity (Wildman–Crippen MR) is 98.6 cm³/mol. The number of pyridine rings is 1. The number of hydrogen-bond acceptors (Lipinski definition) is 4. The Hall–Kier alpha value is -1.04. The van der Waals surface area contributed by atoms with E-state index in [0.717, 1.165) is 37.0 Å². The molecule has 4 bridgehead atoms. The van der Waals surface area contributed by atoms with Crippen LogP contribution in [0.25, 0.3) is 0 Å². The zero-order valence-corrected chi connectivity index (χ0v) is 16.3. The number of hydrogen-bond donors (Lipinski definition) is 1. The van der Waals surface area contributed by atoms with E-state index in [1.807, 2.05) is 0 Å². The first kappa shape index (κ1) is 18.3. The summed E-state index contributed by atoms with van der Waals surface area (Å²) in [4.78, 5) is 28.4. The first-order chi connectivity index (χ1) is 12.3. The molecule has 8 heteroatoms. The molecule has 4 aliphatic carbocycles. The molecule has 5 rings (SSSR count). The molecule has 1 aromatic heterocycles. The van der Waals surface area contributed by atoms with Gasteiger partial charge in [0, 0.05) is 11.7 Å². The van der Waals surface area contributed by atoms with Crippen molar-refractivity contribution in [2.75, 3.05) is 6.61 Å². The lowest BCUT2D eigenvalue weighted by molar-refractivity contribution is -0.130. The Bertz CT molecular complexity index is 733. The van der Waals surface area contributed by atoms with E-state index in [1.165, 1.54) is 25.5 Å². The molecule has 4 fully saturated rings. The Kier molecular flexibility index (Phi) is 4.82. The second kappa shape index (κ2) is 6.84. The predicted octanol–water partition coefficient (Wildman–Crippen LogP) is 4.28. The van der Waals surface area contributed by atoms with Crippen molar-refractivity contribution in [1.29, 1.82) is 0 Å². The van der Waals surface area contributed by atoms with Crippen LogP contribution in [-0.2, 0) is 9.53 Å². The normalized spacial score (nSPS) is 31.7. The summed E-state index contributed by atoms with van der Waals surface area (Å²) in [5.41, 5.74) is -0.263. The van der Waals surface area contributed by atoms with E-state index in [9.17, 15) is 9.59 Å². The summed E-state index contributed by atoms with van der Waals surface area (Å²) in [6, 6.07) is 0. The summed E-state index contributed by atoms with van der Waals surface area (Å²) in [6.45, 7) is -0.362. The highest BCUT2D eigenvalue weighted by Crippen LogP contribution is 2.55. The van der Waals surface area contributed by atoms with E-state index in [0.29, 0.717) is 0 Å². The summed E-state index contributed by atoms with van der Waals surface area (Å²) in [6.07, 6.45) is 8.24. The minimum Gasteiger partial charge on any atom is -0.451 e. The fourth-order valence-electron chi connectivity index (χ4n) is 5.38. The summed E-state index contributed by atoms with van der Waals surface area (Å²) in [7, 11) is 0. The lowest BCUT2D eigenvalue weighted by Crippen LogP contribution is -2.60. The molecule has 1 N–H and O–H groups in total. The van der Waals surface area contributed by atoms with Crippen LogP contribution in [0.15, 0.2) is 6.20 Å². The highest BCUT2D eigenvalue weighted by Gasteiger charge is 2.51. The van der Waals surface area contributed by atoms with Crippen molar-refractivity contribution in [3.05, 3.63) is 27.0 Å². The van der Waals surface area contributed by atoms with Gasteiger partial charge in [-0.25, -0.2) is 9.78 Å². The number of aromatic nitrogens is 1. The number of ether oxygens (including phenoxy) is 1. The Labute approximate surface area is 166 Å². The maximum absolute atomic E-state index is 12.4. The summed E-state index contributed by atoms with van der Waals surface area (Å²) in [5.74, 6) is 1.10. The third-order valence-electron chi connectivity index (χ3n) is 5.89. The standard InChI is InChI=1S/C18H19Cl3N2O3/c19-12-7-22-16(15(21)14(12)20)17(25)26-8-13(24)23-18-4-9-1-10(5-18)3-11(2-9)6-18/h7,9-11H,1-6,8H2,(H,23,24). The van der Waals surface area contributed by atoms with Gasteiger partial charge >= 0.3 is 5.97 Å². The summed E-state index contributed by atoms with van der Waals surface area (Å²) in [5, 5.41) is 3.25. The monoisotopic (exact) mass is 416 g/mol. The first-order valence-electron chi connectivity index (χ1n) is 8.83. The number of nitrogens with one attached hydrogen (secondary N) is 1. The molecule has 0 aromatic carbocycles. The molecule has 5 nitrogen and oxygen atoms in total. The van der Waals surface area contributed by atoms with Gasteiger partial charge in [-0.1, -0.05) is 34.8 Å². The SMILES string of the molecule is O=C(COC(=O)c1ncc(Cl)c(Cl)c1Cl)NC12CC3CC(CC(C3)C1)C2. The number of halogens is 3. The van der Waals surface area contributed by atoms with Crippen molar-refractivity contribution in [3.63, 3.8) is 0 Å². The van der Waals surface area contributed by atoms with Crippen LogP contribution in [0.2, 0.25) is 15.1 Å². The van der Waals surface area contributed by atoms with E-state index in [-0.39, 0.29) is 38.8 Å². The van der Waals surface area contributed by atoms with Gasteiger partial charge in [0.05, 0.1) is 15.1 Å². The fraction of sp³-hybridized carbons (Fsp3) is 0.611. The van der Waals surface area contributed by atoms with Gasteiger partial charge in [0.15, 0.2) is 12.3 Å². The molecule has 26 heavy (non-hydrogen) atoms. The van der Waals surface area contributed by atoms with Crippen LogP contribution < -0.4 is 5.32 Å². The van der Waals surface area contributed by atoms with Crippen LogP contribution in [0.3, 0.4) is 0 Å². The number of amides is 1. The largest absolute Gasteiger partial charge is 0.451 e. The van der Waals surface area contributed by atoms with Crippen molar-refractivity contribution in [3.8, 4) is 0 Å². The maximum atomic E-state index is 12.4. The Morgan fingerprint density at radius 2 is 1.65 bits per heavy atom. The van der Waals surface area contributed by atoms with Gasteiger partial charge in [0.1, 0.15) is 0 Å². The van der Waals surface area contributed by atoms with Gasteiger partial charge in [0.25, 0.3) is 5.91 Å². The van der Waals surface area contributed by atoms with Crippen LogP contribution in [0.1, 0.15) is 49.0 Å². The highest BCUT2D eigenvalue weighted by atomic mass is 35.5. The zero-order chi connectivity index (χ0) is 18.5. The number of rotatable bonds is 4. The van der Waals surface area contributed by atoms with Gasteiger partial charge in [-0.2, -0.15) is 0 Å². The fourth-order valence-corrected chi connectivity index (χ4v) is 5.94. The van der Waals surface area contributed by atoms with Gasteiger partial charge in [-0.05, 0) is 56.3 Å². The molecule has 140 valence electrons. The molecular weight excluding hydrogens is 399 g/mol. The van der Waals surface area contributed by atoms with Crippen LogP contribution in [0.5, 0.6) is 0 Å². The number of nitrogens with zero attached hydrogens (tertiary/aromatic N) is 1. The van der Waals surface area contributed by atoms with Crippen molar-refractivity contribution in [2.24, 2.45) is 17.8 Å². The first-order valence-corrected chi connectivity index (χ1v) is 9.96. The van der Waals surface area contributed by atoms with Crippen molar-refractivity contribution in [2.45, 2.75) is 44.1 Å². The molecule has 1 heterocycles. The van der Waals surface area contributed by atoms with Crippen molar-refractivity contribution in [1.82, 2.24) is 10.3 Å². The van der Waals surface area contributed by atoms with Gasteiger partial charge < -0.3 is 10.1 Å². The van der Waals surface area contributed by atoms with Crippen LogP contribution >= 0.6 is 34.8 Å². The number of carbonyl (C=O) groups is 2. The van der Waals surface area contributed by atoms with Gasteiger partial charge in [0.2, 0.25) is 0 Å². The Balaban J connectivity index is 1.36. The lowest BCUT2D eigenvalue weighted by atomic mass is 9.53. The average Bonchev–Trinajstić information content (AvgIpc) is 2.56. The minimum atomic E-state index is -0.797. The molecule has 0 spiro atoms. The second-order valence-electron chi connectivity index (χ2n) is 7.90. The molecule has 0 radical (unpaired) electrons. The molecule has 0 aliphatic heterocycles. The minimum absolute atomic E-state index is 0.0355. The quantitative estimate of drug-likeness (QED) is 0.742. The molecule has 1 aromatic rings. The van der Waals surface area contributed by atoms with Crippen molar-refractivity contribution < 1.29 is 14.3 Å². The lowest BCUT2D eigenvalue weighted by Gasteiger charge is -2.56. The molecule has 0 unspecified atom stereocenters. The van der Waals surface area contributed by atoms with Gasteiger partial charge in [-0.15, -0.1) is 0 Å². The maximum Gasteiger partial charge on any atom is 0.359 e. The summed E-state index contributed by atoms with van der Waals surface area (Å²) >= 11 is 17.7. The topological polar surface area (TPSA) is 68.3 Å².